The Labute approximate surface area is 63.0 Å². The van der Waals surface area contributed by atoms with Crippen LogP contribution in [0.4, 0.5) is 0 Å². The molecule has 37 valence electrons. The van der Waals surface area contributed by atoms with Gasteiger partial charge >= 0.3 is 63.2 Å². The molecule has 0 amide bonds. The van der Waals surface area contributed by atoms with E-state index < -0.39 is 3.79 Å². The maximum atomic E-state index is 5.10. The minimum absolute atomic E-state index is 1.43. The number of rotatable bonds is 2. The van der Waals surface area contributed by atoms with Gasteiger partial charge in [0, 0.05) is 0 Å². The molecule has 1 unspecified atom stereocenters. The SMILES string of the molecule is [B]=BP(=S)(I)OC. The fraction of sp³-hybridized carbons (Fsp3) is 1.00. The van der Waals surface area contributed by atoms with Crippen molar-refractivity contribution >= 4 is 51.5 Å². The van der Waals surface area contributed by atoms with Gasteiger partial charge < -0.3 is 0 Å². The van der Waals surface area contributed by atoms with Crippen LogP contribution in [0, 0.1) is 0 Å². The van der Waals surface area contributed by atoms with Crippen LogP contribution in [0.25, 0.3) is 0 Å². The molecule has 0 aromatic heterocycles. The monoisotopic (exact) mass is 243 g/mol. The summed E-state index contributed by atoms with van der Waals surface area (Å²) in [6.45, 7) is 1.43. The maximum absolute atomic E-state index is 5.10. The fourth-order valence-corrected chi connectivity index (χ4v) is 0.183. The minimum atomic E-state index is -1.70. The second-order valence-corrected chi connectivity index (χ2v) is 10.4. The van der Waals surface area contributed by atoms with E-state index in [4.69, 9.17) is 23.7 Å². The Balaban J connectivity index is 3.85. The van der Waals surface area contributed by atoms with Gasteiger partial charge in [0.1, 0.15) is 0 Å². The zero-order chi connectivity index (χ0) is 5.91. The van der Waals surface area contributed by atoms with Crippen molar-refractivity contribution in [3.63, 3.8) is 0 Å². The molecule has 0 aliphatic carbocycles. The van der Waals surface area contributed by atoms with E-state index in [2.05, 4.69) is 0 Å². The van der Waals surface area contributed by atoms with Crippen LogP contribution in [0.2, 0.25) is 0 Å². The zero-order valence-electron chi connectivity index (χ0n) is 3.80. The number of hydrogen-bond acceptors (Lipinski definition) is 2. The van der Waals surface area contributed by atoms with Crippen molar-refractivity contribution in [2.75, 3.05) is 7.11 Å². The summed E-state index contributed by atoms with van der Waals surface area (Å²) >= 11 is 6.87. The van der Waals surface area contributed by atoms with Crippen LogP contribution < -0.4 is 0 Å². The van der Waals surface area contributed by atoms with Gasteiger partial charge in [-0.05, 0) is 0 Å². The first-order chi connectivity index (χ1) is 3.12. The Morgan fingerprint density at radius 2 is 2.43 bits per heavy atom. The van der Waals surface area contributed by atoms with Crippen LogP contribution in [-0.4, -0.2) is 21.0 Å². The first-order valence-corrected chi connectivity index (χ1v) is 7.11. The predicted octanol–water partition coefficient (Wildman–Crippen LogP) is 1.08. The topological polar surface area (TPSA) is 9.23 Å². The average molecular weight is 243 g/mol. The number of hydrogen-bond donors (Lipinski definition) is 0. The Bertz CT molecular complexity index is 116. The molecular formula is CH3B2IOPS. The van der Waals surface area contributed by atoms with E-state index in [0.717, 1.165) is 0 Å². The van der Waals surface area contributed by atoms with Crippen molar-refractivity contribution < 1.29 is 4.52 Å². The quantitative estimate of drug-likeness (QED) is 0.407. The molecule has 0 aliphatic heterocycles. The predicted molar refractivity (Wildman–Crippen MR) is 46.8 cm³/mol. The second kappa shape index (κ2) is 3.49. The van der Waals surface area contributed by atoms with Gasteiger partial charge in [-0.1, -0.05) is 0 Å². The molecular weight excluding hydrogens is 240 g/mol. The van der Waals surface area contributed by atoms with E-state index >= 15 is 0 Å². The van der Waals surface area contributed by atoms with E-state index in [-0.39, 0.29) is 0 Å². The molecule has 1 atom stereocenters. The molecule has 1 nitrogen and oxygen atoms in total. The summed E-state index contributed by atoms with van der Waals surface area (Å²) in [6.07, 6.45) is 0. The summed E-state index contributed by atoms with van der Waals surface area (Å²) in [6, 6.07) is 0. The van der Waals surface area contributed by atoms with Crippen molar-refractivity contribution in [2.45, 2.75) is 0 Å². The van der Waals surface area contributed by atoms with Gasteiger partial charge in [-0.2, -0.15) is 0 Å². The Hall–Kier alpha value is 1.47. The van der Waals surface area contributed by atoms with Crippen LogP contribution in [0.3, 0.4) is 0 Å². The summed E-state index contributed by atoms with van der Waals surface area (Å²) in [4.78, 5) is 0. The van der Waals surface area contributed by atoms with Gasteiger partial charge in [0.25, 0.3) is 0 Å². The standard InChI is InChI=1S/CH3B2IOPS/c1-5-6(4,7)3-2/h1H3. The van der Waals surface area contributed by atoms with Crippen molar-refractivity contribution in [2.24, 2.45) is 0 Å². The van der Waals surface area contributed by atoms with Crippen LogP contribution in [0.15, 0.2) is 0 Å². The third kappa shape index (κ3) is 4.01. The van der Waals surface area contributed by atoms with E-state index in [1.54, 1.807) is 7.11 Å². The molecule has 0 bridgehead atoms. The van der Waals surface area contributed by atoms with Crippen LogP contribution >= 0.6 is 25.8 Å². The summed E-state index contributed by atoms with van der Waals surface area (Å²) in [5, 5.41) is 0. The molecule has 0 N–H and O–H groups in total. The van der Waals surface area contributed by atoms with Crippen molar-refractivity contribution in [3.8, 4) is 0 Å². The molecule has 0 aromatic carbocycles. The van der Waals surface area contributed by atoms with Crippen LogP contribution in [0.1, 0.15) is 0 Å². The first-order valence-electron chi connectivity index (χ1n) is 1.53. The third-order valence-corrected chi connectivity index (χ3v) is 4.24. The van der Waals surface area contributed by atoms with Crippen LogP contribution in [-0.2, 0) is 16.3 Å². The van der Waals surface area contributed by atoms with Crippen LogP contribution in [0.5, 0.6) is 0 Å². The molecule has 0 aromatic rings. The van der Waals surface area contributed by atoms with E-state index in [0.29, 0.717) is 0 Å². The first kappa shape index (κ1) is 8.47. The second-order valence-electron chi connectivity index (χ2n) is 0.853. The Morgan fingerprint density at radius 1 is 2.00 bits per heavy atom. The van der Waals surface area contributed by atoms with Gasteiger partial charge in [-0.15, -0.1) is 0 Å². The summed E-state index contributed by atoms with van der Waals surface area (Å²) in [5.41, 5.74) is 0. The summed E-state index contributed by atoms with van der Waals surface area (Å²) < 4.78 is 3.12. The fourth-order valence-electron chi connectivity index (χ4n) is 0.0609. The van der Waals surface area contributed by atoms with Gasteiger partial charge in [0.05, 0.1) is 0 Å². The molecule has 0 saturated carbocycles. The molecule has 6 heteroatoms. The molecule has 7 heavy (non-hydrogen) atoms. The molecule has 1 radical (unpaired) electrons. The molecule has 0 fully saturated rings. The van der Waals surface area contributed by atoms with E-state index in [9.17, 15) is 0 Å². The summed E-state index contributed by atoms with van der Waals surface area (Å²) in [5.74, 6) is 0. The van der Waals surface area contributed by atoms with Gasteiger partial charge in [-0.25, -0.2) is 0 Å². The van der Waals surface area contributed by atoms with Gasteiger partial charge in [-0.3, -0.25) is 0 Å². The Morgan fingerprint density at radius 3 is 2.43 bits per heavy atom. The van der Waals surface area contributed by atoms with Gasteiger partial charge in [0.2, 0.25) is 0 Å². The third-order valence-electron chi connectivity index (χ3n) is 0.427. The average Bonchev–Trinajstić information content (AvgIpc) is 1.68. The summed E-state index contributed by atoms with van der Waals surface area (Å²) in [7, 11) is 6.67. The zero-order valence-corrected chi connectivity index (χ0v) is 7.66. The molecule has 0 heterocycles. The number of halogens is 1. The van der Waals surface area contributed by atoms with Crippen molar-refractivity contribution in [1.82, 2.24) is 0 Å². The molecule has 0 spiro atoms. The van der Waals surface area contributed by atoms with Crippen molar-refractivity contribution in [3.05, 3.63) is 0 Å². The van der Waals surface area contributed by atoms with Crippen molar-refractivity contribution in [1.29, 1.82) is 0 Å². The molecule has 0 aliphatic rings. The normalized spacial score (nSPS) is 17.3. The molecule has 0 rings (SSSR count). The Kier molecular flexibility index (Phi) is 4.22. The van der Waals surface area contributed by atoms with E-state index in [1.807, 2.05) is 22.0 Å². The molecule has 0 saturated heterocycles. The van der Waals surface area contributed by atoms with E-state index in [1.165, 1.54) is 6.52 Å². The van der Waals surface area contributed by atoms with Gasteiger partial charge in [0.15, 0.2) is 0 Å².